The van der Waals surface area contributed by atoms with Gasteiger partial charge in [-0.15, -0.1) is 0 Å². The van der Waals surface area contributed by atoms with Gasteiger partial charge in [-0.25, -0.2) is 0 Å². The fourth-order valence-corrected chi connectivity index (χ4v) is 5.02. The summed E-state index contributed by atoms with van der Waals surface area (Å²) >= 11 is 0. The lowest BCUT2D eigenvalue weighted by molar-refractivity contribution is -1.01. The molecule has 0 amide bonds. The molecule has 2 saturated heterocycles. The number of hydrogen-bond acceptors (Lipinski definition) is 3. The van der Waals surface area contributed by atoms with Crippen LogP contribution < -0.4 is 14.5 Å². The summed E-state index contributed by atoms with van der Waals surface area (Å²) in [5, 5.41) is 0. The molecule has 2 aromatic rings. The number of quaternary nitrogens is 2. The van der Waals surface area contributed by atoms with E-state index in [0.717, 1.165) is 75.7 Å². The summed E-state index contributed by atoms with van der Waals surface area (Å²) in [5.74, 6) is 1.18. The maximum absolute atomic E-state index is 13.1. The van der Waals surface area contributed by atoms with Crippen molar-refractivity contribution in [3.05, 3.63) is 52.8 Å². The first-order valence-electron chi connectivity index (χ1n) is 11.6. The predicted molar refractivity (Wildman–Crippen MR) is 120 cm³/mol. The number of nitrogens with one attached hydrogen (secondary N) is 2. The lowest BCUT2D eigenvalue weighted by Gasteiger charge is -2.29. The van der Waals surface area contributed by atoms with E-state index in [4.69, 9.17) is 9.47 Å². The number of aromatic nitrogens is 1. The maximum atomic E-state index is 13.1. The maximum Gasteiger partial charge on any atom is 0.218 e. The number of piperazine rings is 1. The molecule has 1 aromatic heterocycles. The molecule has 0 bridgehead atoms. The van der Waals surface area contributed by atoms with Gasteiger partial charge in [0.15, 0.2) is 0 Å². The van der Waals surface area contributed by atoms with Crippen molar-refractivity contribution in [1.82, 2.24) is 4.57 Å². The molecule has 6 heteroatoms. The van der Waals surface area contributed by atoms with Gasteiger partial charge in [-0.2, -0.15) is 0 Å². The number of nitrogens with zero attached hydrogens (tertiary/aromatic N) is 1. The Morgan fingerprint density at radius 1 is 1.13 bits per heavy atom. The van der Waals surface area contributed by atoms with Gasteiger partial charge in [0.25, 0.3) is 0 Å². The van der Waals surface area contributed by atoms with E-state index in [1.54, 1.807) is 12.0 Å². The highest BCUT2D eigenvalue weighted by molar-refractivity contribution is 5.98. The average molecular weight is 428 g/mol. The Kier molecular flexibility index (Phi) is 7.10. The number of carbonyl (C=O) groups excluding carboxylic acids is 1. The van der Waals surface area contributed by atoms with Crippen LogP contribution >= 0.6 is 0 Å². The van der Waals surface area contributed by atoms with Gasteiger partial charge in [0.05, 0.1) is 13.2 Å². The molecule has 6 nitrogen and oxygen atoms in total. The lowest BCUT2D eigenvalue weighted by atomic mass is 10.1. The molecule has 0 spiro atoms. The molecule has 2 aliphatic rings. The average Bonchev–Trinajstić information content (AvgIpc) is 3.39. The minimum absolute atomic E-state index is 0.278. The molecular formula is C25H37N3O3+2. The number of methoxy groups -OCH3 is 1. The number of carbonyl (C=O) groups is 1. The highest BCUT2D eigenvalue weighted by atomic mass is 16.5. The summed E-state index contributed by atoms with van der Waals surface area (Å²) < 4.78 is 13.3. The molecule has 0 radical (unpaired) electrons. The van der Waals surface area contributed by atoms with E-state index in [0.29, 0.717) is 12.6 Å². The summed E-state index contributed by atoms with van der Waals surface area (Å²) in [4.78, 5) is 16.1. The van der Waals surface area contributed by atoms with Gasteiger partial charge in [0.1, 0.15) is 45.0 Å². The minimum Gasteiger partial charge on any atom is -0.497 e. The Hall–Kier alpha value is -2.15. The van der Waals surface area contributed by atoms with E-state index >= 15 is 0 Å². The van der Waals surface area contributed by atoms with Crippen LogP contribution in [0.25, 0.3) is 0 Å². The quantitative estimate of drug-likeness (QED) is 0.602. The zero-order chi connectivity index (χ0) is 21.8. The highest BCUT2D eigenvalue weighted by Crippen LogP contribution is 2.20. The third kappa shape index (κ3) is 5.37. The number of ether oxygens (including phenoxy) is 2. The van der Waals surface area contributed by atoms with Gasteiger partial charge in [0, 0.05) is 35.7 Å². The van der Waals surface area contributed by atoms with E-state index in [1.807, 2.05) is 12.1 Å². The van der Waals surface area contributed by atoms with Crippen molar-refractivity contribution in [2.75, 3.05) is 46.4 Å². The van der Waals surface area contributed by atoms with Crippen LogP contribution in [0.15, 0.2) is 30.3 Å². The number of aryl methyl sites for hydroxylation is 1. The number of rotatable bonds is 8. The van der Waals surface area contributed by atoms with Gasteiger partial charge in [-0.05, 0) is 57.0 Å². The molecule has 1 aromatic carbocycles. The third-order valence-electron chi connectivity index (χ3n) is 6.97. The first-order chi connectivity index (χ1) is 15.0. The van der Waals surface area contributed by atoms with Crippen LogP contribution in [0.3, 0.4) is 0 Å². The van der Waals surface area contributed by atoms with Gasteiger partial charge in [0.2, 0.25) is 5.78 Å². The highest BCUT2D eigenvalue weighted by Gasteiger charge is 2.27. The molecule has 0 saturated carbocycles. The number of Topliss-reactive ketones (excluding diaryl/α,β-unsaturated/α-hetero) is 1. The Bertz CT molecular complexity index is 876. The van der Waals surface area contributed by atoms with Crippen molar-refractivity contribution in [2.24, 2.45) is 0 Å². The Morgan fingerprint density at radius 3 is 2.48 bits per heavy atom. The van der Waals surface area contributed by atoms with Crippen LogP contribution in [0.2, 0.25) is 0 Å². The van der Waals surface area contributed by atoms with Gasteiger partial charge in [-0.1, -0.05) is 0 Å². The van der Waals surface area contributed by atoms with Crippen molar-refractivity contribution in [3.63, 3.8) is 0 Å². The first-order valence-corrected chi connectivity index (χ1v) is 11.6. The van der Waals surface area contributed by atoms with Gasteiger partial charge < -0.3 is 23.8 Å². The van der Waals surface area contributed by atoms with Crippen molar-refractivity contribution >= 4 is 5.78 Å². The normalized spacial score (nSPS) is 23.8. The monoisotopic (exact) mass is 427 g/mol. The molecule has 0 aliphatic carbocycles. The standard InChI is InChI=1S/C25H35N3O3/c1-19-15-24(20(2)28(19)17-23-5-4-14-31-23)25(29)18-27-12-10-26(11-13-27)16-21-6-8-22(30-3)9-7-21/h6-9,15,23H,4-5,10-14,16-18H2,1-3H3/p+2/t23-/m0/s1. The molecule has 2 fully saturated rings. The second-order valence-electron chi connectivity index (χ2n) is 9.16. The van der Waals surface area contributed by atoms with Crippen LogP contribution in [-0.2, 0) is 17.8 Å². The van der Waals surface area contributed by atoms with Crippen LogP contribution in [0.1, 0.15) is 40.2 Å². The second-order valence-corrected chi connectivity index (χ2v) is 9.16. The largest absolute Gasteiger partial charge is 0.497 e. The van der Waals surface area contributed by atoms with E-state index < -0.39 is 0 Å². The van der Waals surface area contributed by atoms with Crippen LogP contribution in [0, 0.1) is 13.8 Å². The minimum atomic E-state index is 0.278. The summed E-state index contributed by atoms with van der Waals surface area (Å²) in [7, 11) is 1.70. The van der Waals surface area contributed by atoms with Crippen LogP contribution in [-0.4, -0.2) is 62.9 Å². The van der Waals surface area contributed by atoms with Crippen molar-refractivity contribution in [2.45, 2.75) is 45.9 Å². The third-order valence-corrected chi connectivity index (χ3v) is 6.97. The Morgan fingerprint density at radius 2 is 1.84 bits per heavy atom. The number of ketones is 1. The van der Waals surface area contributed by atoms with Crippen molar-refractivity contribution in [1.29, 1.82) is 0 Å². The molecule has 3 heterocycles. The Labute approximate surface area is 185 Å². The van der Waals surface area contributed by atoms with Gasteiger partial charge in [-0.3, -0.25) is 4.79 Å². The topological polar surface area (TPSA) is 49.3 Å². The predicted octanol–water partition coefficient (Wildman–Crippen LogP) is 0.459. The van der Waals surface area contributed by atoms with Crippen molar-refractivity contribution < 1.29 is 24.1 Å². The number of benzene rings is 1. The molecule has 2 aliphatic heterocycles. The summed E-state index contributed by atoms with van der Waals surface area (Å²) in [6.07, 6.45) is 2.55. The fraction of sp³-hybridized carbons (Fsp3) is 0.560. The van der Waals surface area contributed by atoms with Crippen LogP contribution in [0.4, 0.5) is 0 Å². The van der Waals surface area contributed by atoms with Gasteiger partial charge >= 0.3 is 0 Å². The molecule has 2 N–H and O–H groups in total. The SMILES string of the molecule is COc1ccc(C[NH+]2CC[NH+](CC(=O)c3cc(C)n(C[C@@H]4CCCO4)c3C)CC2)cc1. The molecule has 1 atom stereocenters. The van der Waals surface area contributed by atoms with E-state index in [9.17, 15) is 4.79 Å². The number of hydrogen-bond donors (Lipinski definition) is 2. The molecule has 4 rings (SSSR count). The fourth-order valence-electron chi connectivity index (χ4n) is 5.02. The summed E-state index contributed by atoms with van der Waals surface area (Å²) in [6.45, 7) is 11.9. The van der Waals surface area contributed by atoms with E-state index in [2.05, 4.69) is 36.6 Å². The molecule has 168 valence electrons. The lowest BCUT2D eigenvalue weighted by Crippen LogP contribution is -3.27. The zero-order valence-corrected chi connectivity index (χ0v) is 19.2. The summed E-state index contributed by atoms with van der Waals surface area (Å²) in [6, 6.07) is 10.5. The smallest absolute Gasteiger partial charge is 0.218 e. The molecule has 0 unspecified atom stereocenters. The second kappa shape index (κ2) is 9.98. The van der Waals surface area contributed by atoms with Crippen LogP contribution in [0.5, 0.6) is 5.75 Å². The summed E-state index contributed by atoms with van der Waals surface area (Å²) in [5.41, 5.74) is 4.51. The first kappa shape index (κ1) is 22.1. The van der Waals surface area contributed by atoms with E-state index in [1.165, 1.54) is 16.2 Å². The molecular weight excluding hydrogens is 390 g/mol. The Balaban J connectivity index is 1.28. The zero-order valence-electron chi connectivity index (χ0n) is 19.2. The van der Waals surface area contributed by atoms with E-state index in [-0.39, 0.29) is 5.78 Å². The van der Waals surface area contributed by atoms with Crippen molar-refractivity contribution in [3.8, 4) is 5.75 Å². The molecule has 31 heavy (non-hydrogen) atoms.